The highest BCUT2D eigenvalue weighted by atomic mass is 32.2. The summed E-state index contributed by atoms with van der Waals surface area (Å²) in [6.07, 6.45) is 3.04. The number of hydrogen-bond acceptors (Lipinski definition) is 6. The van der Waals surface area contributed by atoms with Crippen molar-refractivity contribution in [3.05, 3.63) is 132 Å². The van der Waals surface area contributed by atoms with Gasteiger partial charge in [0.2, 0.25) is 5.78 Å². The minimum Gasteiger partial charge on any atom is -0.457 e. The number of carbonyl (C=O) groups excluding carboxylic acids is 1. The molecule has 0 aliphatic rings. The first-order valence-electron chi connectivity index (χ1n) is 13.9. The zero-order valence-corrected chi connectivity index (χ0v) is 24.6. The third-order valence-electron chi connectivity index (χ3n) is 7.29. The first-order valence-corrected chi connectivity index (χ1v) is 15.4. The summed E-state index contributed by atoms with van der Waals surface area (Å²) in [7, 11) is -4.11. The van der Waals surface area contributed by atoms with Crippen LogP contribution in [0.2, 0.25) is 0 Å². The van der Waals surface area contributed by atoms with E-state index in [9.17, 15) is 13.2 Å². The van der Waals surface area contributed by atoms with Crippen molar-refractivity contribution in [2.24, 2.45) is 0 Å². The summed E-state index contributed by atoms with van der Waals surface area (Å²) in [6.45, 7) is 3.97. The molecule has 0 atom stereocenters. The molecule has 0 saturated heterocycles. The van der Waals surface area contributed by atoms with E-state index in [1.54, 1.807) is 54.6 Å². The number of benzene rings is 4. The molecule has 8 nitrogen and oxygen atoms in total. The van der Waals surface area contributed by atoms with E-state index in [1.807, 2.05) is 55.5 Å². The number of ether oxygens (including phenoxy) is 1. The van der Waals surface area contributed by atoms with E-state index in [0.29, 0.717) is 16.6 Å². The molecule has 9 heteroatoms. The van der Waals surface area contributed by atoms with Gasteiger partial charge in [0.15, 0.2) is 0 Å². The van der Waals surface area contributed by atoms with Gasteiger partial charge in [0, 0.05) is 5.39 Å². The van der Waals surface area contributed by atoms with Gasteiger partial charge in [-0.3, -0.25) is 4.79 Å². The second-order valence-corrected chi connectivity index (χ2v) is 12.1. The average molecular weight is 591 g/mol. The molecule has 6 aromatic rings. The van der Waals surface area contributed by atoms with Crippen molar-refractivity contribution in [2.45, 2.75) is 31.6 Å². The molecular formula is C34H30N4O4S. The summed E-state index contributed by atoms with van der Waals surface area (Å²) in [5, 5.41) is 5.05. The molecule has 0 fully saturated rings. The van der Waals surface area contributed by atoms with Crippen molar-refractivity contribution in [3.8, 4) is 17.2 Å². The molecule has 6 rings (SSSR count). The zero-order valence-electron chi connectivity index (χ0n) is 23.8. The highest BCUT2D eigenvalue weighted by Crippen LogP contribution is 2.32. The smallest absolute Gasteiger partial charge is 0.268 e. The highest BCUT2D eigenvalue weighted by Gasteiger charge is 2.29. The van der Waals surface area contributed by atoms with Crippen molar-refractivity contribution in [2.75, 3.05) is 5.73 Å². The predicted molar refractivity (Wildman–Crippen MR) is 168 cm³/mol. The van der Waals surface area contributed by atoms with Gasteiger partial charge in [-0.2, -0.15) is 5.10 Å². The second kappa shape index (κ2) is 11.3. The van der Waals surface area contributed by atoms with Gasteiger partial charge in [-0.05, 0) is 73.5 Å². The Hall–Kier alpha value is -5.15. The summed E-state index contributed by atoms with van der Waals surface area (Å²) in [5.41, 5.74) is 9.56. The Morgan fingerprint density at radius 1 is 0.907 bits per heavy atom. The maximum Gasteiger partial charge on any atom is 0.268 e. The number of nitrogens with two attached hydrogens (primary N) is 1. The standard InChI is InChI=1S/C34H30N4O4S/c1-3-9-25-20-26(16-19-32(25)42-27-11-5-4-6-12-27)37-34(35)29(22-36-37)33(39)31-21-24-10-7-8-13-30(24)38(31)43(40,41)28-17-14-23(2)15-18-28/h4-8,10-22H,3,9,35H2,1-2H3. The molecule has 0 amide bonds. The number of fused-ring (bicyclic) bond motifs is 1. The maximum atomic E-state index is 14.0. The molecule has 0 radical (unpaired) electrons. The second-order valence-electron chi connectivity index (χ2n) is 10.3. The number of para-hydroxylation sites is 2. The Bertz CT molecular complexity index is 2060. The van der Waals surface area contributed by atoms with E-state index in [-0.39, 0.29) is 22.0 Å². The summed E-state index contributed by atoms with van der Waals surface area (Å²) in [6, 6.07) is 30.3. The third-order valence-corrected chi connectivity index (χ3v) is 9.03. The minimum absolute atomic E-state index is 0.0219. The zero-order chi connectivity index (χ0) is 30.1. The number of nitrogens with zero attached hydrogens (tertiary/aromatic N) is 3. The molecular weight excluding hydrogens is 560 g/mol. The van der Waals surface area contributed by atoms with Gasteiger partial charge in [-0.25, -0.2) is 17.1 Å². The Labute approximate surface area is 250 Å². The fourth-order valence-corrected chi connectivity index (χ4v) is 6.63. The summed E-state index contributed by atoms with van der Waals surface area (Å²) < 4.78 is 36.5. The Kier molecular flexibility index (Phi) is 7.33. The quantitative estimate of drug-likeness (QED) is 0.183. The lowest BCUT2D eigenvalue weighted by Gasteiger charge is -2.14. The number of ketones is 1. The topological polar surface area (TPSA) is 109 Å². The lowest BCUT2D eigenvalue weighted by Crippen LogP contribution is -2.19. The summed E-state index contributed by atoms with van der Waals surface area (Å²) in [5.74, 6) is 1.02. The number of aryl methyl sites for hydroxylation is 2. The molecule has 216 valence electrons. The molecule has 0 aliphatic carbocycles. The number of nitrogen functional groups attached to an aromatic ring is 1. The Balaban J connectivity index is 1.41. The van der Waals surface area contributed by atoms with Crippen molar-refractivity contribution in [1.29, 1.82) is 0 Å². The van der Waals surface area contributed by atoms with E-state index in [1.165, 1.54) is 10.9 Å². The Morgan fingerprint density at radius 3 is 2.37 bits per heavy atom. The number of hydrogen-bond donors (Lipinski definition) is 1. The molecule has 43 heavy (non-hydrogen) atoms. The van der Waals surface area contributed by atoms with Crippen molar-refractivity contribution >= 4 is 32.5 Å². The first-order chi connectivity index (χ1) is 20.8. The van der Waals surface area contributed by atoms with Gasteiger partial charge < -0.3 is 10.5 Å². The normalized spacial score (nSPS) is 11.6. The first kappa shape index (κ1) is 28.0. The van der Waals surface area contributed by atoms with Crippen LogP contribution in [0.25, 0.3) is 16.6 Å². The fourth-order valence-electron chi connectivity index (χ4n) is 5.12. The lowest BCUT2D eigenvalue weighted by atomic mass is 10.1. The Morgan fingerprint density at radius 2 is 1.63 bits per heavy atom. The third kappa shape index (κ3) is 5.19. The van der Waals surface area contributed by atoms with Crippen LogP contribution < -0.4 is 10.5 Å². The molecule has 0 bridgehead atoms. The van der Waals surface area contributed by atoms with E-state index in [2.05, 4.69) is 12.0 Å². The van der Waals surface area contributed by atoms with Crippen LogP contribution in [0.4, 0.5) is 5.82 Å². The van der Waals surface area contributed by atoms with Crippen LogP contribution in [-0.4, -0.2) is 28.0 Å². The van der Waals surface area contributed by atoms with Crippen LogP contribution in [0.5, 0.6) is 11.5 Å². The van der Waals surface area contributed by atoms with E-state index >= 15 is 0 Å². The fraction of sp³-hybridized carbons (Fsp3) is 0.118. The molecule has 2 N–H and O–H groups in total. The van der Waals surface area contributed by atoms with E-state index in [4.69, 9.17) is 10.5 Å². The highest BCUT2D eigenvalue weighted by molar-refractivity contribution is 7.90. The van der Waals surface area contributed by atoms with Crippen molar-refractivity contribution in [3.63, 3.8) is 0 Å². The van der Waals surface area contributed by atoms with Crippen LogP contribution in [0.3, 0.4) is 0 Å². The molecule has 0 aliphatic heterocycles. The van der Waals surface area contributed by atoms with Crippen LogP contribution in [0.15, 0.2) is 114 Å². The average Bonchev–Trinajstić information content (AvgIpc) is 3.60. The summed E-state index contributed by atoms with van der Waals surface area (Å²) in [4.78, 5) is 14.1. The number of rotatable bonds is 9. The van der Waals surface area contributed by atoms with Gasteiger partial charge in [-0.1, -0.05) is 67.4 Å². The lowest BCUT2D eigenvalue weighted by molar-refractivity contribution is 0.103. The van der Waals surface area contributed by atoms with Crippen LogP contribution in [-0.2, 0) is 16.4 Å². The predicted octanol–water partition coefficient (Wildman–Crippen LogP) is 6.93. The van der Waals surface area contributed by atoms with E-state index < -0.39 is 15.8 Å². The van der Waals surface area contributed by atoms with E-state index in [0.717, 1.165) is 39.4 Å². The maximum absolute atomic E-state index is 14.0. The minimum atomic E-state index is -4.11. The van der Waals surface area contributed by atoms with Gasteiger partial charge in [0.25, 0.3) is 10.0 Å². The van der Waals surface area contributed by atoms with Crippen LogP contribution in [0, 0.1) is 6.92 Å². The molecule has 0 saturated carbocycles. The number of carbonyl (C=O) groups is 1. The number of aromatic nitrogens is 3. The van der Waals surface area contributed by atoms with Gasteiger partial charge >= 0.3 is 0 Å². The van der Waals surface area contributed by atoms with Crippen LogP contribution >= 0.6 is 0 Å². The number of anilines is 1. The molecule has 4 aromatic carbocycles. The summed E-state index contributed by atoms with van der Waals surface area (Å²) >= 11 is 0. The molecule has 2 heterocycles. The monoisotopic (exact) mass is 590 g/mol. The molecule has 0 unspecified atom stereocenters. The van der Waals surface area contributed by atoms with Gasteiger partial charge in [0.1, 0.15) is 23.0 Å². The SMILES string of the molecule is CCCc1cc(-n2ncc(C(=O)c3cc4ccccc4n3S(=O)(=O)c3ccc(C)cc3)c2N)ccc1Oc1ccccc1. The van der Waals surface area contributed by atoms with Crippen LogP contribution in [0.1, 0.15) is 40.5 Å². The van der Waals surface area contributed by atoms with Gasteiger partial charge in [-0.15, -0.1) is 0 Å². The van der Waals surface area contributed by atoms with Crippen molar-refractivity contribution < 1.29 is 17.9 Å². The molecule has 0 spiro atoms. The molecule has 2 aromatic heterocycles. The van der Waals surface area contributed by atoms with Crippen molar-refractivity contribution in [1.82, 2.24) is 13.8 Å². The van der Waals surface area contributed by atoms with Gasteiger partial charge in [0.05, 0.1) is 27.9 Å². The largest absolute Gasteiger partial charge is 0.457 e.